The molecule has 0 saturated carbocycles. The first kappa shape index (κ1) is 16.0. The molecule has 1 heterocycles. The van der Waals surface area contributed by atoms with E-state index in [-0.39, 0.29) is 11.8 Å². The van der Waals surface area contributed by atoms with Gasteiger partial charge < -0.3 is 15.7 Å². The first-order chi connectivity index (χ1) is 8.84. The van der Waals surface area contributed by atoms with Crippen LogP contribution in [-0.4, -0.2) is 41.0 Å². The second kappa shape index (κ2) is 6.37. The maximum absolute atomic E-state index is 12.1. The highest BCUT2D eigenvalue weighted by Crippen LogP contribution is 2.36. The van der Waals surface area contributed by atoms with Crippen molar-refractivity contribution in [1.29, 1.82) is 0 Å². The molecular weight excluding hydrogens is 244 g/mol. The number of nitrogens with two attached hydrogens (primary N) is 1. The van der Waals surface area contributed by atoms with Gasteiger partial charge in [0.25, 0.3) is 0 Å². The fourth-order valence-electron chi connectivity index (χ4n) is 2.70. The number of carboxylic acids is 1. The maximum atomic E-state index is 12.1. The van der Waals surface area contributed by atoms with E-state index in [0.29, 0.717) is 32.4 Å². The van der Waals surface area contributed by atoms with Crippen LogP contribution in [0.5, 0.6) is 0 Å². The van der Waals surface area contributed by atoms with Crippen molar-refractivity contribution in [2.45, 2.75) is 52.5 Å². The van der Waals surface area contributed by atoms with Gasteiger partial charge in [0.2, 0.25) is 5.91 Å². The van der Waals surface area contributed by atoms with Crippen molar-refractivity contribution in [2.75, 3.05) is 13.1 Å². The van der Waals surface area contributed by atoms with Crippen LogP contribution in [-0.2, 0) is 9.59 Å². The number of aliphatic carboxylic acids is 1. The smallest absolute Gasteiger partial charge is 0.309 e. The number of amides is 1. The van der Waals surface area contributed by atoms with E-state index in [1.807, 2.05) is 20.8 Å². The van der Waals surface area contributed by atoms with Gasteiger partial charge in [-0.3, -0.25) is 9.59 Å². The van der Waals surface area contributed by atoms with Gasteiger partial charge in [-0.05, 0) is 25.2 Å². The molecule has 1 aliphatic rings. The minimum atomic E-state index is -0.727. The van der Waals surface area contributed by atoms with E-state index in [1.54, 1.807) is 4.90 Å². The standard InChI is InChI=1S/C14H26N2O3/c1-4-5-14(13(18)19)6-8-16(9-7-14)12(17)11(15)10(2)3/h10-11H,4-9,15H2,1-3H3,(H,18,19). The number of rotatable bonds is 5. The first-order valence-corrected chi connectivity index (χ1v) is 7.12. The van der Waals surface area contributed by atoms with Crippen LogP contribution in [0.1, 0.15) is 46.5 Å². The predicted molar refractivity (Wildman–Crippen MR) is 73.6 cm³/mol. The Morgan fingerprint density at radius 2 is 1.84 bits per heavy atom. The lowest BCUT2D eigenvalue weighted by Gasteiger charge is -2.40. The highest BCUT2D eigenvalue weighted by atomic mass is 16.4. The molecule has 110 valence electrons. The van der Waals surface area contributed by atoms with E-state index in [2.05, 4.69) is 0 Å². The molecule has 0 aromatic carbocycles. The number of carbonyl (C=O) groups excluding carboxylic acids is 1. The van der Waals surface area contributed by atoms with E-state index in [0.717, 1.165) is 6.42 Å². The van der Waals surface area contributed by atoms with Crippen LogP contribution in [0, 0.1) is 11.3 Å². The zero-order valence-electron chi connectivity index (χ0n) is 12.2. The number of nitrogens with zero attached hydrogens (tertiary/aromatic N) is 1. The van der Waals surface area contributed by atoms with Gasteiger partial charge in [0.1, 0.15) is 0 Å². The summed E-state index contributed by atoms with van der Waals surface area (Å²) in [5.41, 5.74) is 5.22. The van der Waals surface area contributed by atoms with E-state index in [9.17, 15) is 14.7 Å². The number of piperidine rings is 1. The summed E-state index contributed by atoms with van der Waals surface area (Å²) in [7, 11) is 0. The summed E-state index contributed by atoms with van der Waals surface area (Å²) in [6.45, 7) is 6.85. The molecule has 0 aromatic rings. The topological polar surface area (TPSA) is 83.6 Å². The summed E-state index contributed by atoms with van der Waals surface area (Å²) in [6, 6.07) is -0.483. The molecule has 5 heteroatoms. The molecule has 19 heavy (non-hydrogen) atoms. The Balaban J connectivity index is 2.66. The lowest BCUT2D eigenvalue weighted by Crippen LogP contribution is -2.52. The highest BCUT2D eigenvalue weighted by Gasteiger charge is 2.42. The summed E-state index contributed by atoms with van der Waals surface area (Å²) < 4.78 is 0. The molecule has 1 amide bonds. The molecule has 1 aliphatic heterocycles. The lowest BCUT2D eigenvalue weighted by molar-refractivity contribution is -0.155. The lowest BCUT2D eigenvalue weighted by atomic mass is 9.75. The van der Waals surface area contributed by atoms with Crippen molar-refractivity contribution < 1.29 is 14.7 Å². The van der Waals surface area contributed by atoms with Gasteiger partial charge in [-0.15, -0.1) is 0 Å². The number of hydrogen-bond acceptors (Lipinski definition) is 3. The summed E-state index contributed by atoms with van der Waals surface area (Å²) in [5, 5.41) is 9.41. The molecule has 0 aliphatic carbocycles. The largest absolute Gasteiger partial charge is 0.481 e. The molecule has 1 fully saturated rings. The van der Waals surface area contributed by atoms with Crippen LogP contribution in [0.2, 0.25) is 0 Å². The van der Waals surface area contributed by atoms with Gasteiger partial charge in [-0.25, -0.2) is 0 Å². The molecule has 0 aromatic heterocycles. The van der Waals surface area contributed by atoms with Gasteiger partial charge in [-0.1, -0.05) is 27.2 Å². The summed E-state index contributed by atoms with van der Waals surface area (Å²) in [5.74, 6) is -0.672. The Hall–Kier alpha value is -1.10. The van der Waals surface area contributed by atoms with E-state index in [1.165, 1.54) is 0 Å². The molecule has 0 spiro atoms. The Morgan fingerprint density at radius 1 is 1.32 bits per heavy atom. The molecule has 1 rings (SSSR count). The van der Waals surface area contributed by atoms with Crippen LogP contribution >= 0.6 is 0 Å². The zero-order chi connectivity index (χ0) is 14.6. The minimum Gasteiger partial charge on any atom is -0.481 e. The Kier molecular flexibility index (Phi) is 5.35. The maximum Gasteiger partial charge on any atom is 0.309 e. The number of carbonyl (C=O) groups is 2. The molecule has 0 bridgehead atoms. The summed E-state index contributed by atoms with van der Waals surface area (Å²) in [4.78, 5) is 25.3. The molecule has 5 nitrogen and oxygen atoms in total. The van der Waals surface area contributed by atoms with Crippen molar-refractivity contribution in [3.05, 3.63) is 0 Å². The van der Waals surface area contributed by atoms with E-state index >= 15 is 0 Å². The van der Waals surface area contributed by atoms with Crippen LogP contribution in [0.15, 0.2) is 0 Å². The fraction of sp³-hybridized carbons (Fsp3) is 0.857. The van der Waals surface area contributed by atoms with Gasteiger partial charge in [0, 0.05) is 13.1 Å². The molecule has 3 N–H and O–H groups in total. The third kappa shape index (κ3) is 3.47. The van der Waals surface area contributed by atoms with Crippen molar-refractivity contribution >= 4 is 11.9 Å². The van der Waals surface area contributed by atoms with Gasteiger partial charge in [-0.2, -0.15) is 0 Å². The first-order valence-electron chi connectivity index (χ1n) is 7.12. The van der Waals surface area contributed by atoms with Crippen LogP contribution in [0.4, 0.5) is 0 Å². The van der Waals surface area contributed by atoms with Gasteiger partial charge >= 0.3 is 5.97 Å². The third-order valence-electron chi connectivity index (χ3n) is 4.22. The van der Waals surface area contributed by atoms with Crippen molar-refractivity contribution in [2.24, 2.45) is 17.1 Å². The van der Waals surface area contributed by atoms with Gasteiger partial charge in [0.15, 0.2) is 0 Å². The molecule has 1 unspecified atom stereocenters. The second-order valence-electron chi connectivity index (χ2n) is 5.93. The molecule has 1 saturated heterocycles. The monoisotopic (exact) mass is 270 g/mol. The fourth-order valence-corrected chi connectivity index (χ4v) is 2.70. The average Bonchev–Trinajstić information content (AvgIpc) is 2.37. The average molecular weight is 270 g/mol. The Bertz CT molecular complexity index is 334. The quantitative estimate of drug-likeness (QED) is 0.792. The van der Waals surface area contributed by atoms with Crippen LogP contribution < -0.4 is 5.73 Å². The van der Waals surface area contributed by atoms with Crippen molar-refractivity contribution in [3.8, 4) is 0 Å². The Labute approximate surface area is 115 Å². The molecular formula is C14H26N2O3. The number of carboxylic acid groups (broad SMARTS) is 1. The third-order valence-corrected chi connectivity index (χ3v) is 4.22. The number of hydrogen-bond donors (Lipinski definition) is 2. The predicted octanol–water partition coefficient (Wildman–Crippen LogP) is 1.46. The summed E-state index contributed by atoms with van der Waals surface area (Å²) in [6.07, 6.45) is 2.60. The second-order valence-corrected chi connectivity index (χ2v) is 5.93. The van der Waals surface area contributed by atoms with Crippen LogP contribution in [0.25, 0.3) is 0 Å². The van der Waals surface area contributed by atoms with Crippen LogP contribution in [0.3, 0.4) is 0 Å². The van der Waals surface area contributed by atoms with Gasteiger partial charge in [0.05, 0.1) is 11.5 Å². The normalized spacial score (nSPS) is 20.4. The zero-order valence-corrected chi connectivity index (χ0v) is 12.2. The van der Waals surface area contributed by atoms with E-state index in [4.69, 9.17) is 5.73 Å². The molecule has 0 radical (unpaired) electrons. The SMILES string of the molecule is CCCC1(C(=O)O)CCN(C(=O)C(N)C(C)C)CC1. The minimum absolute atomic E-state index is 0.0505. The Morgan fingerprint density at radius 3 is 2.21 bits per heavy atom. The van der Waals surface area contributed by atoms with Crippen molar-refractivity contribution in [3.63, 3.8) is 0 Å². The molecule has 1 atom stereocenters. The van der Waals surface area contributed by atoms with Crippen molar-refractivity contribution in [1.82, 2.24) is 4.90 Å². The highest BCUT2D eigenvalue weighted by molar-refractivity contribution is 5.82. The number of likely N-dealkylation sites (tertiary alicyclic amines) is 1. The van der Waals surface area contributed by atoms with E-state index < -0.39 is 17.4 Å². The summed E-state index contributed by atoms with van der Waals surface area (Å²) >= 11 is 0.